The van der Waals surface area contributed by atoms with Crippen LogP contribution in [-0.4, -0.2) is 43.5 Å². The lowest BCUT2D eigenvalue weighted by molar-refractivity contribution is -0.139. The smallest absolute Gasteiger partial charge is 0.338 e. The molecule has 0 saturated carbocycles. The van der Waals surface area contributed by atoms with Crippen molar-refractivity contribution in [2.24, 2.45) is 5.10 Å². The molecule has 4 aromatic carbocycles. The molecule has 1 amide bonds. The number of hydrogen-bond acceptors (Lipinski definition) is 8. The van der Waals surface area contributed by atoms with Gasteiger partial charge in [0.15, 0.2) is 23.2 Å². The van der Waals surface area contributed by atoms with Crippen molar-refractivity contribution < 1.29 is 28.5 Å². The van der Waals surface area contributed by atoms with Crippen molar-refractivity contribution >= 4 is 62.1 Å². The van der Waals surface area contributed by atoms with Crippen molar-refractivity contribution in [3.05, 3.63) is 111 Å². The van der Waals surface area contributed by atoms with Gasteiger partial charge in [0.2, 0.25) is 0 Å². The average molecular weight is 718 g/mol. The van der Waals surface area contributed by atoms with Gasteiger partial charge in [-0.25, -0.2) is 10.2 Å². The number of fused-ring (bicyclic) bond motifs is 1. The molecule has 3 N–H and O–H groups in total. The highest BCUT2D eigenvalue weighted by molar-refractivity contribution is 9.10. The second kappa shape index (κ2) is 15.6. The largest absolute Gasteiger partial charge is 0.493 e. The predicted octanol–water partition coefficient (Wildman–Crippen LogP) is 6.07. The lowest BCUT2D eigenvalue weighted by Gasteiger charge is -2.30. The number of thiocarbonyl (C=S) groups is 1. The molecule has 242 valence electrons. The fraction of sp³-hybridized carbons (Fsp3) is 0.200. The predicted molar refractivity (Wildman–Crippen MR) is 188 cm³/mol. The van der Waals surface area contributed by atoms with Gasteiger partial charge in [0.1, 0.15) is 12.4 Å². The van der Waals surface area contributed by atoms with Gasteiger partial charge in [-0.3, -0.25) is 4.79 Å². The summed E-state index contributed by atoms with van der Waals surface area (Å²) < 4.78 is 23.6. The number of nitrogens with zero attached hydrogens (tertiary/aromatic N) is 1. The summed E-state index contributed by atoms with van der Waals surface area (Å²) >= 11 is 8.90. The van der Waals surface area contributed by atoms with Crippen LogP contribution in [0.5, 0.6) is 17.2 Å². The van der Waals surface area contributed by atoms with Crippen LogP contribution in [0.3, 0.4) is 0 Å². The lowest BCUT2D eigenvalue weighted by atomic mass is 9.95. The van der Waals surface area contributed by atoms with Gasteiger partial charge in [0, 0.05) is 21.3 Å². The van der Waals surface area contributed by atoms with E-state index in [4.69, 9.17) is 31.2 Å². The first kappa shape index (κ1) is 33.4. The van der Waals surface area contributed by atoms with Crippen molar-refractivity contribution in [1.82, 2.24) is 16.1 Å². The van der Waals surface area contributed by atoms with E-state index < -0.39 is 17.9 Å². The minimum Gasteiger partial charge on any atom is -0.493 e. The van der Waals surface area contributed by atoms with Crippen molar-refractivity contribution in [3.8, 4) is 17.2 Å². The number of esters is 1. The lowest BCUT2D eigenvalue weighted by Crippen LogP contribution is -2.45. The Labute approximate surface area is 286 Å². The van der Waals surface area contributed by atoms with Crippen LogP contribution in [0.25, 0.3) is 10.8 Å². The van der Waals surface area contributed by atoms with Crippen molar-refractivity contribution in [1.29, 1.82) is 0 Å². The standard InChI is InChI=1S/C35H33BrN4O6S/c1-4-44-34(42)32-21(2)38-35(47)39-33(32)26-14-7-8-15-28(26)46-20-31(41)40-37-18-24-16-29(43-3)30(17-27(24)36)45-19-23-12-9-11-22-10-5-6-13-25(22)23/h5-18,33H,4,19-20H2,1-3H3,(H,40,41)(H2,38,39,47)/t33-/m0/s1. The van der Waals surface area contributed by atoms with E-state index in [1.807, 2.05) is 30.3 Å². The number of hydrazone groups is 1. The number of rotatable bonds is 12. The van der Waals surface area contributed by atoms with Crippen molar-refractivity contribution in [2.75, 3.05) is 20.3 Å². The molecule has 0 unspecified atom stereocenters. The average Bonchev–Trinajstić information content (AvgIpc) is 3.07. The molecule has 1 heterocycles. The number of ether oxygens (including phenoxy) is 4. The molecule has 0 bridgehead atoms. The molecular formula is C35H33BrN4O6S. The zero-order valence-corrected chi connectivity index (χ0v) is 28.4. The number of para-hydroxylation sites is 1. The van der Waals surface area contributed by atoms with E-state index in [1.165, 1.54) is 6.21 Å². The Hall–Kier alpha value is -4.94. The second-order valence-corrected chi connectivity index (χ2v) is 11.6. The molecule has 0 aliphatic carbocycles. The highest BCUT2D eigenvalue weighted by Crippen LogP contribution is 2.35. The van der Waals surface area contributed by atoms with Gasteiger partial charge >= 0.3 is 5.97 Å². The molecule has 12 heteroatoms. The van der Waals surface area contributed by atoms with Gasteiger partial charge in [-0.1, -0.05) is 60.7 Å². The number of hydrogen-bond donors (Lipinski definition) is 3. The van der Waals surface area contributed by atoms with Crippen LogP contribution in [0.4, 0.5) is 0 Å². The monoisotopic (exact) mass is 716 g/mol. The summed E-state index contributed by atoms with van der Waals surface area (Å²) in [5.74, 6) is 0.501. The third-order valence-corrected chi connectivity index (χ3v) is 8.20. The molecule has 0 aromatic heterocycles. The normalized spacial score (nSPS) is 14.4. The van der Waals surface area contributed by atoms with Crippen LogP contribution in [0, 0.1) is 0 Å². The Kier molecular flexibility index (Phi) is 11.1. The number of carbonyl (C=O) groups is 2. The molecule has 1 atom stereocenters. The van der Waals surface area contributed by atoms with E-state index in [2.05, 4.69) is 55.3 Å². The van der Waals surface area contributed by atoms with Crippen LogP contribution < -0.4 is 30.3 Å². The first-order valence-corrected chi connectivity index (χ1v) is 15.9. The summed E-state index contributed by atoms with van der Waals surface area (Å²) in [4.78, 5) is 25.5. The summed E-state index contributed by atoms with van der Waals surface area (Å²) in [7, 11) is 1.56. The molecule has 0 saturated heterocycles. The third kappa shape index (κ3) is 8.08. The summed E-state index contributed by atoms with van der Waals surface area (Å²) in [5, 5.41) is 12.8. The Bertz CT molecular complexity index is 1870. The third-order valence-electron chi connectivity index (χ3n) is 7.29. The SMILES string of the molecule is CCOC(=O)C1=C(C)NC(=S)N[C@H]1c1ccccc1OCC(=O)NN=Cc1cc(OC)c(OCc2cccc3ccccc23)cc1Br. The van der Waals surface area contributed by atoms with Gasteiger partial charge < -0.3 is 29.6 Å². The molecule has 0 spiro atoms. The molecule has 1 aliphatic heterocycles. The zero-order chi connectivity index (χ0) is 33.3. The first-order valence-electron chi connectivity index (χ1n) is 14.7. The fourth-order valence-electron chi connectivity index (χ4n) is 5.10. The number of carbonyl (C=O) groups excluding carboxylic acids is 2. The van der Waals surface area contributed by atoms with Gasteiger partial charge in [0.05, 0.1) is 31.5 Å². The summed E-state index contributed by atoms with van der Waals surface area (Å²) in [6.07, 6.45) is 1.49. The van der Waals surface area contributed by atoms with E-state index in [9.17, 15) is 9.59 Å². The van der Waals surface area contributed by atoms with E-state index in [0.29, 0.717) is 55.8 Å². The Morgan fingerprint density at radius 3 is 2.57 bits per heavy atom. The highest BCUT2D eigenvalue weighted by Gasteiger charge is 2.32. The molecular weight excluding hydrogens is 684 g/mol. The molecule has 0 radical (unpaired) electrons. The number of benzene rings is 4. The molecule has 47 heavy (non-hydrogen) atoms. The molecule has 5 rings (SSSR count). The van der Waals surface area contributed by atoms with Crippen LogP contribution in [0.15, 0.2) is 99.7 Å². The van der Waals surface area contributed by atoms with Crippen LogP contribution in [0.2, 0.25) is 0 Å². The molecule has 4 aromatic rings. The summed E-state index contributed by atoms with van der Waals surface area (Å²) in [5.41, 5.74) is 5.77. The van der Waals surface area contributed by atoms with E-state index in [-0.39, 0.29) is 13.2 Å². The molecule has 0 fully saturated rings. The molecule has 10 nitrogen and oxygen atoms in total. The van der Waals surface area contributed by atoms with Crippen molar-refractivity contribution in [2.45, 2.75) is 26.5 Å². The fourth-order valence-corrected chi connectivity index (χ4v) is 5.80. The molecule has 1 aliphatic rings. The topological polar surface area (TPSA) is 120 Å². The number of halogens is 1. The number of amides is 1. The maximum absolute atomic E-state index is 12.8. The Morgan fingerprint density at radius 2 is 1.77 bits per heavy atom. The Morgan fingerprint density at radius 1 is 1.00 bits per heavy atom. The van der Waals surface area contributed by atoms with Crippen molar-refractivity contribution in [3.63, 3.8) is 0 Å². The van der Waals surface area contributed by atoms with Crippen LogP contribution in [-0.2, 0) is 20.9 Å². The zero-order valence-electron chi connectivity index (χ0n) is 26.0. The van der Waals surface area contributed by atoms with E-state index in [1.54, 1.807) is 51.3 Å². The van der Waals surface area contributed by atoms with Gasteiger partial charge in [-0.15, -0.1) is 0 Å². The first-order chi connectivity index (χ1) is 22.8. The maximum atomic E-state index is 12.8. The van der Waals surface area contributed by atoms with E-state index in [0.717, 1.165) is 16.3 Å². The summed E-state index contributed by atoms with van der Waals surface area (Å²) in [6, 6.07) is 24.3. The van der Waals surface area contributed by atoms with Gasteiger partial charge in [-0.05, 0) is 76.5 Å². The number of methoxy groups -OCH3 is 1. The minimum absolute atomic E-state index is 0.221. The highest BCUT2D eigenvalue weighted by atomic mass is 79.9. The van der Waals surface area contributed by atoms with Crippen LogP contribution >= 0.6 is 28.1 Å². The number of allylic oxidation sites excluding steroid dienone is 1. The maximum Gasteiger partial charge on any atom is 0.338 e. The van der Waals surface area contributed by atoms with Crippen LogP contribution in [0.1, 0.15) is 36.6 Å². The van der Waals surface area contributed by atoms with Gasteiger partial charge in [-0.2, -0.15) is 5.10 Å². The quantitative estimate of drug-likeness (QED) is 0.0694. The van der Waals surface area contributed by atoms with Gasteiger partial charge in [0.25, 0.3) is 5.91 Å². The number of nitrogens with one attached hydrogen (secondary N) is 3. The summed E-state index contributed by atoms with van der Waals surface area (Å²) in [6.45, 7) is 3.74. The second-order valence-electron chi connectivity index (χ2n) is 10.4. The Balaban J connectivity index is 1.22. The minimum atomic E-state index is -0.633. The van der Waals surface area contributed by atoms with E-state index >= 15 is 0 Å².